The Morgan fingerprint density at radius 3 is 2.82 bits per heavy atom. The molecule has 0 atom stereocenters. The van der Waals surface area contributed by atoms with Crippen molar-refractivity contribution >= 4 is 17.6 Å². The Labute approximate surface area is 104 Å². The fourth-order valence-corrected chi connectivity index (χ4v) is 1.15. The second kappa shape index (κ2) is 6.25. The number of esters is 1. The van der Waals surface area contributed by atoms with Gasteiger partial charge in [-0.25, -0.2) is 9.18 Å². The van der Waals surface area contributed by atoms with Crippen LogP contribution in [0, 0.1) is 5.82 Å². The zero-order valence-corrected chi connectivity index (χ0v) is 10.1. The molecule has 0 aromatic heterocycles. The lowest BCUT2D eigenvalue weighted by atomic mass is 10.3. The van der Waals surface area contributed by atoms with Crippen LogP contribution in [-0.4, -0.2) is 19.2 Å². The lowest BCUT2D eigenvalue weighted by Gasteiger charge is -2.08. The molecule has 1 rings (SSSR count). The first-order valence-corrected chi connectivity index (χ1v) is 5.35. The minimum Gasteiger partial charge on any atom is -0.489 e. The summed E-state index contributed by atoms with van der Waals surface area (Å²) in [5.41, 5.74) is 0.169. The number of carbonyl (C=O) groups excluding carboxylic acids is 1. The maximum Gasteiger partial charge on any atom is 0.336 e. The molecule has 0 amide bonds. The molecular formula is C12H12ClFO3. The predicted molar refractivity (Wildman–Crippen MR) is 62.7 cm³/mol. The van der Waals surface area contributed by atoms with Gasteiger partial charge in [0.1, 0.15) is 18.2 Å². The number of hydrogen-bond donors (Lipinski definition) is 0. The first kappa shape index (κ1) is 13.5. The summed E-state index contributed by atoms with van der Waals surface area (Å²) >= 11 is 5.51. The summed E-state index contributed by atoms with van der Waals surface area (Å²) in [5.74, 6) is -0.829. The Balaban J connectivity index is 2.53. The van der Waals surface area contributed by atoms with Crippen LogP contribution in [-0.2, 0) is 9.53 Å². The van der Waals surface area contributed by atoms with Gasteiger partial charge in [-0.3, -0.25) is 0 Å². The Morgan fingerprint density at radius 2 is 2.24 bits per heavy atom. The smallest absolute Gasteiger partial charge is 0.336 e. The molecule has 92 valence electrons. The average Bonchev–Trinajstić information content (AvgIpc) is 2.30. The Kier molecular flexibility index (Phi) is 4.97. The van der Waals surface area contributed by atoms with E-state index in [-0.39, 0.29) is 29.6 Å². The Hall–Kier alpha value is -1.55. The summed E-state index contributed by atoms with van der Waals surface area (Å²) in [6.07, 6.45) is 0. The summed E-state index contributed by atoms with van der Waals surface area (Å²) in [6, 6.07) is 4.02. The fraction of sp³-hybridized carbons (Fsp3) is 0.250. The zero-order valence-electron chi connectivity index (χ0n) is 9.33. The summed E-state index contributed by atoms with van der Waals surface area (Å²) in [7, 11) is 0. The van der Waals surface area contributed by atoms with E-state index >= 15 is 0 Å². The van der Waals surface area contributed by atoms with E-state index in [4.69, 9.17) is 21.1 Å². The monoisotopic (exact) mass is 258 g/mol. The van der Waals surface area contributed by atoms with E-state index in [0.29, 0.717) is 0 Å². The molecule has 3 nitrogen and oxygen atoms in total. The van der Waals surface area contributed by atoms with Crippen LogP contribution in [0.4, 0.5) is 4.39 Å². The Morgan fingerprint density at radius 1 is 1.53 bits per heavy atom. The normalized spacial score (nSPS) is 9.82. The van der Waals surface area contributed by atoms with Crippen molar-refractivity contribution in [3.63, 3.8) is 0 Å². The van der Waals surface area contributed by atoms with E-state index < -0.39 is 11.8 Å². The molecule has 0 radical (unpaired) electrons. The van der Waals surface area contributed by atoms with Gasteiger partial charge in [-0.15, -0.1) is 0 Å². The highest BCUT2D eigenvalue weighted by molar-refractivity contribution is 6.30. The first-order chi connectivity index (χ1) is 8.04. The van der Waals surface area contributed by atoms with Crippen molar-refractivity contribution in [2.24, 2.45) is 0 Å². The molecule has 5 heteroatoms. The van der Waals surface area contributed by atoms with Crippen molar-refractivity contribution in [2.75, 3.05) is 13.2 Å². The van der Waals surface area contributed by atoms with Gasteiger partial charge in [0.15, 0.2) is 0 Å². The van der Waals surface area contributed by atoms with Crippen LogP contribution in [0.1, 0.15) is 6.92 Å². The first-order valence-electron chi connectivity index (χ1n) is 4.97. The third-order valence-electron chi connectivity index (χ3n) is 1.87. The van der Waals surface area contributed by atoms with E-state index in [9.17, 15) is 9.18 Å². The number of ether oxygens (including phenoxy) is 2. The van der Waals surface area contributed by atoms with Crippen molar-refractivity contribution in [3.05, 3.63) is 41.2 Å². The van der Waals surface area contributed by atoms with Crippen LogP contribution in [0.25, 0.3) is 0 Å². The SMILES string of the molecule is C=C(COc1ccc(Cl)c(F)c1)C(=O)OCC. The highest BCUT2D eigenvalue weighted by Gasteiger charge is 2.09. The highest BCUT2D eigenvalue weighted by Crippen LogP contribution is 2.20. The number of halogens is 2. The molecule has 0 fully saturated rings. The van der Waals surface area contributed by atoms with Gasteiger partial charge >= 0.3 is 5.97 Å². The topological polar surface area (TPSA) is 35.5 Å². The van der Waals surface area contributed by atoms with Crippen molar-refractivity contribution < 1.29 is 18.7 Å². The highest BCUT2D eigenvalue weighted by atomic mass is 35.5. The molecule has 1 aromatic carbocycles. The van der Waals surface area contributed by atoms with Gasteiger partial charge in [0.05, 0.1) is 17.2 Å². The zero-order chi connectivity index (χ0) is 12.8. The average molecular weight is 259 g/mol. The predicted octanol–water partition coefficient (Wildman–Crippen LogP) is 2.98. The third-order valence-corrected chi connectivity index (χ3v) is 2.17. The quantitative estimate of drug-likeness (QED) is 0.602. The summed E-state index contributed by atoms with van der Waals surface area (Å²) in [5, 5.41) is 0.0153. The fourth-order valence-electron chi connectivity index (χ4n) is 1.03. The van der Waals surface area contributed by atoms with Gasteiger partial charge in [0, 0.05) is 6.07 Å². The van der Waals surface area contributed by atoms with Crippen LogP contribution >= 0.6 is 11.6 Å². The number of benzene rings is 1. The van der Waals surface area contributed by atoms with Gasteiger partial charge in [-0.05, 0) is 19.1 Å². The molecular weight excluding hydrogens is 247 g/mol. The van der Waals surface area contributed by atoms with Gasteiger partial charge in [-0.1, -0.05) is 18.2 Å². The van der Waals surface area contributed by atoms with E-state index in [0.717, 1.165) is 6.07 Å². The molecule has 0 saturated heterocycles. The van der Waals surface area contributed by atoms with Gasteiger partial charge in [0.2, 0.25) is 0 Å². The largest absolute Gasteiger partial charge is 0.489 e. The van der Waals surface area contributed by atoms with Crippen LogP contribution in [0.15, 0.2) is 30.4 Å². The van der Waals surface area contributed by atoms with Crippen LogP contribution < -0.4 is 4.74 Å². The van der Waals surface area contributed by atoms with Gasteiger partial charge in [-0.2, -0.15) is 0 Å². The van der Waals surface area contributed by atoms with Crippen molar-refractivity contribution in [1.29, 1.82) is 0 Å². The van der Waals surface area contributed by atoms with Crippen LogP contribution in [0.3, 0.4) is 0 Å². The summed E-state index contributed by atoms with van der Waals surface area (Å²) < 4.78 is 23.0. The standard InChI is InChI=1S/C12H12ClFO3/c1-3-16-12(15)8(2)7-17-9-4-5-10(13)11(14)6-9/h4-6H,2-3,7H2,1H3. The lowest BCUT2D eigenvalue weighted by Crippen LogP contribution is -2.13. The minimum atomic E-state index is -0.578. The van der Waals surface area contributed by atoms with Crippen molar-refractivity contribution in [1.82, 2.24) is 0 Å². The molecule has 0 N–H and O–H groups in total. The third kappa shape index (κ3) is 4.07. The molecule has 0 spiro atoms. The molecule has 1 aromatic rings. The van der Waals surface area contributed by atoms with Crippen LogP contribution in [0.5, 0.6) is 5.75 Å². The molecule has 0 unspecified atom stereocenters. The molecule has 0 aliphatic carbocycles. The molecule has 17 heavy (non-hydrogen) atoms. The maximum absolute atomic E-state index is 13.1. The Bertz CT molecular complexity index is 432. The van der Waals surface area contributed by atoms with Gasteiger partial charge in [0.25, 0.3) is 0 Å². The van der Waals surface area contributed by atoms with Crippen LogP contribution in [0.2, 0.25) is 5.02 Å². The van der Waals surface area contributed by atoms with Gasteiger partial charge < -0.3 is 9.47 Å². The van der Waals surface area contributed by atoms with E-state index in [1.54, 1.807) is 6.92 Å². The number of hydrogen-bond acceptors (Lipinski definition) is 3. The lowest BCUT2D eigenvalue weighted by molar-refractivity contribution is -0.138. The second-order valence-electron chi connectivity index (χ2n) is 3.19. The number of rotatable bonds is 5. The summed E-state index contributed by atoms with van der Waals surface area (Å²) in [6.45, 7) is 5.42. The molecule has 0 aliphatic rings. The van der Waals surface area contributed by atoms with Crippen molar-refractivity contribution in [2.45, 2.75) is 6.92 Å². The summed E-state index contributed by atoms with van der Waals surface area (Å²) in [4.78, 5) is 11.2. The molecule has 0 heterocycles. The van der Waals surface area contributed by atoms with E-state index in [1.807, 2.05) is 0 Å². The van der Waals surface area contributed by atoms with E-state index in [2.05, 4.69) is 6.58 Å². The van der Waals surface area contributed by atoms with E-state index in [1.165, 1.54) is 12.1 Å². The number of carbonyl (C=O) groups is 1. The maximum atomic E-state index is 13.1. The molecule has 0 aliphatic heterocycles. The minimum absolute atomic E-state index is 0.0153. The molecule has 0 saturated carbocycles. The second-order valence-corrected chi connectivity index (χ2v) is 3.60. The van der Waals surface area contributed by atoms with Crippen molar-refractivity contribution in [3.8, 4) is 5.75 Å². The molecule has 0 bridgehead atoms.